The van der Waals surface area contributed by atoms with Crippen LogP contribution in [0.4, 0.5) is 0 Å². The molecule has 0 fully saturated rings. The minimum absolute atomic E-state index is 0.106. The number of benzene rings is 4. The van der Waals surface area contributed by atoms with Crippen LogP contribution in [-0.2, 0) is 6.42 Å². The number of carbonyl (C=O) groups is 1. The molecule has 1 nitrogen and oxygen atoms in total. The van der Waals surface area contributed by atoms with Crippen LogP contribution in [-0.4, -0.2) is 23.7 Å². The topological polar surface area (TPSA) is 17.1 Å². The van der Waals surface area contributed by atoms with Gasteiger partial charge in [-0.1, -0.05) is 0 Å². The van der Waals surface area contributed by atoms with E-state index in [1.807, 2.05) is 12.1 Å². The van der Waals surface area contributed by atoms with Gasteiger partial charge in [-0.15, -0.1) is 0 Å². The molecule has 0 unspecified atom stereocenters. The number of rotatable bonds is 6. The van der Waals surface area contributed by atoms with Crippen molar-refractivity contribution < 1.29 is 4.79 Å². The summed E-state index contributed by atoms with van der Waals surface area (Å²) in [5, 5.41) is 0. The molecule has 4 aromatic rings. The van der Waals surface area contributed by atoms with Gasteiger partial charge in [0.15, 0.2) is 0 Å². The molecule has 0 spiro atoms. The van der Waals surface area contributed by atoms with Gasteiger partial charge < -0.3 is 0 Å². The van der Waals surface area contributed by atoms with Gasteiger partial charge in [0.05, 0.1) is 0 Å². The molecule has 0 bridgehead atoms. The van der Waals surface area contributed by atoms with Crippen molar-refractivity contribution in [3.05, 3.63) is 126 Å². The second-order valence-corrected chi connectivity index (χ2v) is 14.4. The molecule has 0 amide bonds. The molecular weight excluding hydrogens is 427 g/mol. The van der Waals surface area contributed by atoms with Crippen molar-refractivity contribution >= 4 is 36.8 Å². The maximum absolute atomic E-state index is 11.6. The summed E-state index contributed by atoms with van der Waals surface area (Å²) in [4.78, 5) is 14.2. The SMILES string of the molecule is CC(=O)c1ccc(CC=[As](c2ccccc2)(c2ccccc2)c2ccccc2)cc1. The molecule has 0 radical (unpaired) electrons. The van der Waals surface area contributed by atoms with E-state index in [-0.39, 0.29) is 5.78 Å². The van der Waals surface area contributed by atoms with E-state index < -0.39 is 13.1 Å². The summed E-state index contributed by atoms with van der Waals surface area (Å²) in [6.45, 7) is 1.61. The normalized spacial score (nSPS) is 11.1. The molecule has 0 aliphatic carbocycles. The maximum atomic E-state index is 11.6. The molecule has 4 rings (SSSR count). The van der Waals surface area contributed by atoms with Crippen LogP contribution < -0.4 is 13.1 Å². The summed E-state index contributed by atoms with van der Waals surface area (Å²) in [7, 11) is 0. The average Bonchev–Trinajstić information content (AvgIpc) is 2.82. The fourth-order valence-electron chi connectivity index (χ4n) is 3.87. The fraction of sp³-hybridized carbons (Fsp3) is 0.0714. The standard InChI is InChI=1S/C28H25AsO/c1-23(30)25-19-17-24(18-20-25)21-22-29(26-11-5-2-6-12-26,27-13-7-3-8-14-27)28-15-9-4-10-16-28/h2-20,22H,21H2,1H3. The second kappa shape index (κ2) is 9.20. The number of Topliss-reactive ketones (excluding diaryl/α,β-unsaturated/α-hetero) is 1. The Morgan fingerprint density at radius 1 is 0.633 bits per heavy atom. The molecule has 0 saturated heterocycles. The van der Waals surface area contributed by atoms with Crippen LogP contribution in [0.2, 0.25) is 0 Å². The van der Waals surface area contributed by atoms with Gasteiger partial charge in [0, 0.05) is 0 Å². The molecular formula is C28H25AsO. The van der Waals surface area contributed by atoms with Gasteiger partial charge in [0.25, 0.3) is 0 Å². The number of hydrogen-bond acceptors (Lipinski definition) is 1. The molecule has 0 atom stereocenters. The van der Waals surface area contributed by atoms with Gasteiger partial charge in [-0.25, -0.2) is 0 Å². The summed E-state index contributed by atoms with van der Waals surface area (Å²) >= 11 is -2.80. The van der Waals surface area contributed by atoms with Crippen molar-refractivity contribution in [3.63, 3.8) is 0 Å². The molecule has 0 aromatic heterocycles. The third kappa shape index (κ3) is 4.13. The zero-order valence-electron chi connectivity index (χ0n) is 17.1. The average molecular weight is 452 g/mol. The van der Waals surface area contributed by atoms with Gasteiger partial charge in [-0.05, 0) is 0 Å². The van der Waals surface area contributed by atoms with Gasteiger partial charge in [-0.3, -0.25) is 0 Å². The number of carbonyl (C=O) groups excluding carboxylic acids is 1. The summed E-state index contributed by atoms with van der Waals surface area (Å²) in [6.07, 6.45) is 0.865. The first-order valence-corrected chi connectivity index (χ1v) is 14.1. The molecule has 4 aromatic carbocycles. The monoisotopic (exact) mass is 452 g/mol. The Bertz CT molecular complexity index is 1060. The predicted octanol–water partition coefficient (Wildman–Crippen LogP) is 3.99. The Morgan fingerprint density at radius 3 is 1.40 bits per heavy atom. The minimum atomic E-state index is -2.80. The van der Waals surface area contributed by atoms with E-state index in [0.717, 1.165) is 12.0 Å². The summed E-state index contributed by atoms with van der Waals surface area (Å²) in [5.74, 6) is 0.106. The Hall–Kier alpha value is -3.02. The van der Waals surface area contributed by atoms with Crippen LogP contribution in [0.25, 0.3) is 0 Å². The molecule has 30 heavy (non-hydrogen) atoms. The molecule has 0 saturated carbocycles. The fourth-order valence-corrected chi connectivity index (χ4v) is 12.1. The van der Waals surface area contributed by atoms with Crippen LogP contribution in [0.5, 0.6) is 0 Å². The first kappa shape index (κ1) is 20.3. The summed E-state index contributed by atoms with van der Waals surface area (Å²) in [6, 6.07) is 40.9. The Morgan fingerprint density at radius 2 is 1.03 bits per heavy atom. The van der Waals surface area contributed by atoms with Crippen molar-refractivity contribution in [1.82, 2.24) is 0 Å². The van der Waals surface area contributed by atoms with Crippen LogP contribution in [0.1, 0.15) is 22.8 Å². The third-order valence-electron chi connectivity index (χ3n) is 5.45. The zero-order valence-corrected chi connectivity index (χ0v) is 19.0. The summed E-state index contributed by atoms with van der Waals surface area (Å²) < 4.78 is 4.23. The van der Waals surface area contributed by atoms with Crippen LogP contribution in [0, 0.1) is 0 Å². The van der Waals surface area contributed by atoms with E-state index >= 15 is 0 Å². The molecule has 148 valence electrons. The quantitative estimate of drug-likeness (QED) is 0.320. The molecule has 0 heterocycles. The summed E-state index contributed by atoms with van der Waals surface area (Å²) in [5.41, 5.74) is 1.99. The Balaban J connectivity index is 1.92. The predicted molar refractivity (Wildman–Crippen MR) is 130 cm³/mol. The molecule has 0 N–H and O–H groups in total. The van der Waals surface area contributed by atoms with Crippen LogP contribution >= 0.6 is 0 Å². The van der Waals surface area contributed by atoms with Gasteiger partial charge in [0.1, 0.15) is 0 Å². The van der Waals surface area contributed by atoms with Crippen molar-refractivity contribution in [1.29, 1.82) is 0 Å². The first-order chi connectivity index (χ1) is 14.7. The molecule has 0 aliphatic heterocycles. The van der Waals surface area contributed by atoms with Crippen molar-refractivity contribution in [2.75, 3.05) is 0 Å². The van der Waals surface area contributed by atoms with E-state index in [2.05, 4.69) is 108 Å². The number of ketones is 1. The molecule has 2 heteroatoms. The molecule has 0 aliphatic rings. The van der Waals surface area contributed by atoms with Crippen molar-refractivity contribution in [2.24, 2.45) is 0 Å². The van der Waals surface area contributed by atoms with E-state index in [9.17, 15) is 4.79 Å². The Labute approximate surface area is 181 Å². The second-order valence-electron chi connectivity index (χ2n) is 7.37. The zero-order chi connectivity index (χ0) is 20.8. The first-order valence-electron chi connectivity index (χ1n) is 10.2. The van der Waals surface area contributed by atoms with E-state index in [0.29, 0.717) is 0 Å². The van der Waals surface area contributed by atoms with Crippen molar-refractivity contribution in [2.45, 2.75) is 13.3 Å². The van der Waals surface area contributed by atoms with Crippen molar-refractivity contribution in [3.8, 4) is 0 Å². The number of hydrogen-bond donors (Lipinski definition) is 0. The Kier molecular flexibility index (Phi) is 6.21. The van der Waals surface area contributed by atoms with Gasteiger partial charge in [-0.2, -0.15) is 0 Å². The van der Waals surface area contributed by atoms with Gasteiger partial charge >= 0.3 is 181 Å². The van der Waals surface area contributed by atoms with Gasteiger partial charge in [0.2, 0.25) is 0 Å². The third-order valence-corrected chi connectivity index (χ3v) is 14.0. The van der Waals surface area contributed by atoms with E-state index in [1.54, 1.807) is 6.92 Å². The van der Waals surface area contributed by atoms with E-state index in [1.165, 1.54) is 18.6 Å². The van der Waals surface area contributed by atoms with Crippen LogP contribution in [0.15, 0.2) is 115 Å². The van der Waals surface area contributed by atoms with E-state index in [4.69, 9.17) is 0 Å². The van der Waals surface area contributed by atoms with Crippen LogP contribution in [0.3, 0.4) is 0 Å².